The molecular formula is C20H30FNO5. The number of unbranched alkanes of at least 4 members (excludes halogenated alkanes) is 1. The highest BCUT2D eigenvalue weighted by atomic mass is 19.1. The zero-order valence-corrected chi connectivity index (χ0v) is 15.8. The van der Waals surface area contributed by atoms with Crippen molar-refractivity contribution >= 4 is 5.91 Å². The third kappa shape index (κ3) is 5.97. The van der Waals surface area contributed by atoms with E-state index in [0.29, 0.717) is 6.42 Å². The van der Waals surface area contributed by atoms with Gasteiger partial charge in [-0.2, -0.15) is 0 Å². The summed E-state index contributed by atoms with van der Waals surface area (Å²) in [5.74, 6) is -0.497. The third-order valence-electron chi connectivity index (χ3n) is 4.98. The highest BCUT2D eigenvalue weighted by Crippen LogP contribution is 2.26. The fraction of sp³-hybridized carbons (Fsp3) is 0.650. The second kappa shape index (κ2) is 10.1. The van der Waals surface area contributed by atoms with Gasteiger partial charge >= 0.3 is 0 Å². The number of aliphatic hydroxyl groups excluding tert-OH is 3. The Balaban J connectivity index is 1.82. The molecule has 7 heteroatoms. The number of hydrogen-bond donors (Lipinski definition) is 4. The smallest absolute Gasteiger partial charge is 0.220 e. The van der Waals surface area contributed by atoms with E-state index in [1.165, 1.54) is 12.1 Å². The molecule has 1 saturated heterocycles. The van der Waals surface area contributed by atoms with E-state index in [0.717, 1.165) is 18.4 Å². The fourth-order valence-electron chi connectivity index (χ4n) is 3.41. The molecule has 1 fully saturated rings. The first-order valence-corrected chi connectivity index (χ1v) is 9.49. The SMILES string of the molecule is CC(C)[C@@H]1OC(CO)[C@@H](O)[C@H](O)C1NC(=O)CCCCc1ccc(F)cc1. The van der Waals surface area contributed by atoms with Crippen molar-refractivity contribution in [3.05, 3.63) is 35.6 Å². The Morgan fingerprint density at radius 2 is 1.85 bits per heavy atom. The van der Waals surface area contributed by atoms with Crippen LogP contribution in [0.5, 0.6) is 0 Å². The van der Waals surface area contributed by atoms with Crippen LogP contribution in [0, 0.1) is 11.7 Å². The van der Waals surface area contributed by atoms with Gasteiger partial charge < -0.3 is 25.4 Å². The summed E-state index contributed by atoms with van der Waals surface area (Å²) in [4.78, 5) is 12.3. The summed E-state index contributed by atoms with van der Waals surface area (Å²) in [7, 11) is 0. The normalized spacial score (nSPS) is 28.3. The topological polar surface area (TPSA) is 99.0 Å². The van der Waals surface area contributed by atoms with Gasteiger partial charge in [0.1, 0.15) is 24.1 Å². The van der Waals surface area contributed by atoms with Gasteiger partial charge in [-0.1, -0.05) is 26.0 Å². The minimum absolute atomic E-state index is 0.00928. The molecule has 1 aliphatic heterocycles. The molecule has 1 aromatic rings. The van der Waals surface area contributed by atoms with Crippen molar-refractivity contribution in [3.63, 3.8) is 0 Å². The number of aliphatic hydroxyl groups is 3. The van der Waals surface area contributed by atoms with E-state index in [4.69, 9.17) is 4.74 Å². The van der Waals surface area contributed by atoms with Crippen molar-refractivity contribution in [2.75, 3.05) is 6.61 Å². The summed E-state index contributed by atoms with van der Waals surface area (Å²) >= 11 is 0. The van der Waals surface area contributed by atoms with Crippen LogP contribution in [0.3, 0.4) is 0 Å². The lowest BCUT2D eigenvalue weighted by Crippen LogP contribution is -2.65. The van der Waals surface area contributed by atoms with Crippen LogP contribution in [0.25, 0.3) is 0 Å². The molecule has 4 N–H and O–H groups in total. The first-order chi connectivity index (χ1) is 12.8. The number of halogens is 1. The van der Waals surface area contributed by atoms with Gasteiger partial charge in [-0.05, 0) is 42.9 Å². The number of nitrogens with one attached hydrogen (secondary N) is 1. The van der Waals surface area contributed by atoms with Crippen LogP contribution in [0.2, 0.25) is 0 Å². The number of rotatable bonds is 8. The summed E-state index contributed by atoms with van der Waals surface area (Å²) in [6.07, 6.45) is -1.34. The molecule has 2 unspecified atom stereocenters. The highest BCUT2D eigenvalue weighted by molar-refractivity contribution is 5.76. The maximum atomic E-state index is 12.9. The number of carbonyl (C=O) groups is 1. The van der Waals surface area contributed by atoms with Crippen LogP contribution in [0.1, 0.15) is 38.7 Å². The molecule has 27 heavy (non-hydrogen) atoms. The number of benzene rings is 1. The number of hydrogen-bond acceptors (Lipinski definition) is 5. The number of carbonyl (C=O) groups excluding carboxylic acids is 1. The minimum Gasteiger partial charge on any atom is -0.394 e. The number of amides is 1. The molecule has 2 rings (SSSR count). The maximum Gasteiger partial charge on any atom is 0.220 e. The summed E-state index contributed by atoms with van der Waals surface area (Å²) in [6.45, 7) is 3.39. The average molecular weight is 383 g/mol. The van der Waals surface area contributed by atoms with Crippen molar-refractivity contribution in [3.8, 4) is 0 Å². The van der Waals surface area contributed by atoms with Crippen molar-refractivity contribution in [2.45, 2.75) is 70.0 Å². The van der Waals surface area contributed by atoms with Crippen LogP contribution in [-0.2, 0) is 16.0 Å². The summed E-state index contributed by atoms with van der Waals surface area (Å²) in [6, 6.07) is 5.58. The van der Waals surface area contributed by atoms with Crippen LogP contribution in [-0.4, -0.2) is 58.3 Å². The second-order valence-electron chi connectivity index (χ2n) is 7.47. The standard InChI is InChI=1S/C20H30FNO5/c1-12(2)20-17(19(26)18(25)15(11-23)27-20)22-16(24)6-4-3-5-13-7-9-14(21)10-8-13/h7-10,12,15,17-20,23,25-26H,3-6,11H2,1-2H3,(H,22,24)/t15?,17?,18-,19-,20+/m1/s1. The predicted octanol–water partition coefficient (Wildman–Crippen LogP) is 1.16. The lowest BCUT2D eigenvalue weighted by molar-refractivity contribution is -0.204. The van der Waals surface area contributed by atoms with Crippen molar-refractivity contribution < 1.29 is 29.2 Å². The fourth-order valence-corrected chi connectivity index (χ4v) is 3.41. The second-order valence-corrected chi connectivity index (χ2v) is 7.47. The van der Waals surface area contributed by atoms with Crippen LogP contribution >= 0.6 is 0 Å². The van der Waals surface area contributed by atoms with Crippen LogP contribution in [0.4, 0.5) is 4.39 Å². The molecular weight excluding hydrogens is 353 g/mol. The first-order valence-electron chi connectivity index (χ1n) is 9.49. The van der Waals surface area contributed by atoms with Crippen LogP contribution < -0.4 is 5.32 Å². The van der Waals surface area contributed by atoms with Gasteiger partial charge in [-0.3, -0.25) is 4.79 Å². The highest BCUT2D eigenvalue weighted by Gasteiger charge is 2.45. The Kier molecular flexibility index (Phi) is 8.16. The lowest BCUT2D eigenvalue weighted by Gasteiger charge is -2.44. The molecule has 0 aliphatic carbocycles. The monoisotopic (exact) mass is 383 g/mol. The van der Waals surface area contributed by atoms with Gasteiger partial charge in [0.15, 0.2) is 0 Å². The Morgan fingerprint density at radius 1 is 1.19 bits per heavy atom. The summed E-state index contributed by atoms with van der Waals surface area (Å²) < 4.78 is 18.6. The van der Waals surface area contributed by atoms with Gasteiger partial charge in [0.25, 0.3) is 0 Å². The summed E-state index contributed by atoms with van der Waals surface area (Å²) in [5, 5.41) is 32.5. The molecule has 0 saturated carbocycles. The lowest BCUT2D eigenvalue weighted by atomic mass is 9.87. The van der Waals surface area contributed by atoms with E-state index >= 15 is 0 Å². The molecule has 0 radical (unpaired) electrons. The molecule has 1 aromatic carbocycles. The number of ether oxygens (including phenoxy) is 1. The van der Waals surface area contributed by atoms with E-state index in [1.54, 1.807) is 12.1 Å². The molecule has 0 aromatic heterocycles. The summed E-state index contributed by atoms with van der Waals surface area (Å²) in [5.41, 5.74) is 1.02. The van der Waals surface area contributed by atoms with Crippen molar-refractivity contribution in [2.24, 2.45) is 5.92 Å². The van der Waals surface area contributed by atoms with E-state index < -0.39 is 37.1 Å². The Labute approximate surface area is 159 Å². The molecule has 0 spiro atoms. The number of aryl methyl sites for hydroxylation is 1. The Hall–Kier alpha value is -1.54. The van der Waals surface area contributed by atoms with Gasteiger partial charge in [0, 0.05) is 6.42 Å². The Bertz CT molecular complexity index is 595. The van der Waals surface area contributed by atoms with E-state index in [2.05, 4.69) is 5.32 Å². The molecule has 5 atom stereocenters. The third-order valence-corrected chi connectivity index (χ3v) is 4.98. The van der Waals surface area contributed by atoms with Gasteiger partial charge in [0.05, 0.1) is 18.8 Å². The molecule has 1 amide bonds. The Morgan fingerprint density at radius 3 is 2.44 bits per heavy atom. The molecule has 0 bridgehead atoms. The van der Waals surface area contributed by atoms with E-state index in [9.17, 15) is 24.5 Å². The quantitative estimate of drug-likeness (QED) is 0.505. The van der Waals surface area contributed by atoms with E-state index in [1.807, 2.05) is 13.8 Å². The largest absolute Gasteiger partial charge is 0.394 e. The maximum absolute atomic E-state index is 12.9. The van der Waals surface area contributed by atoms with Gasteiger partial charge in [-0.15, -0.1) is 0 Å². The molecule has 152 valence electrons. The molecule has 1 heterocycles. The van der Waals surface area contributed by atoms with Gasteiger partial charge in [-0.25, -0.2) is 4.39 Å². The van der Waals surface area contributed by atoms with E-state index in [-0.39, 0.29) is 24.1 Å². The average Bonchev–Trinajstić information content (AvgIpc) is 2.64. The zero-order chi connectivity index (χ0) is 20.0. The van der Waals surface area contributed by atoms with Crippen molar-refractivity contribution in [1.29, 1.82) is 0 Å². The van der Waals surface area contributed by atoms with Crippen LogP contribution in [0.15, 0.2) is 24.3 Å². The zero-order valence-electron chi connectivity index (χ0n) is 15.8. The predicted molar refractivity (Wildman–Crippen MR) is 98.5 cm³/mol. The minimum atomic E-state index is -1.26. The first kappa shape index (κ1) is 21.8. The molecule has 1 aliphatic rings. The van der Waals surface area contributed by atoms with Gasteiger partial charge in [0.2, 0.25) is 5.91 Å². The van der Waals surface area contributed by atoms with Crippen molar-refractivity contribution in [1.82, 2.24) is 5.32 Å². The molecule has 6 nitrogen and oxygen atoms in total.